The summed E-state index contributed by atoms with van der Waals surface area (Å²) >= 11 is 1.60. The van der Waals surface area contributed by atoms with Gasteiger partial charge in [-0.15, -0.1) is 11.8 Å². The van der Waals surface area contributed by atoms with Crippen molar-refractivity contribution in [2.24, 2.45) is 4.99 Å². The third-order valence-corrected chi connectivity index (χ3v) is 4.91. The van der Waals surface area contributed by atoms with Crippen LogP contribution in [-0.4, -0.2) is 52.4 Å². The van der Waals surface area contributed by atoms with Crippen LogP contribution in [0.5, 0.6) is 0 Å². The number of Topliss-reactive ketones (excluding diaryl/α,β-unsaturated/α-hetero) is 1. The summed E-state index contributed by atoms with van der Waals surface area (Å²) in [7, 11) is 1.35. The Bertz CT molecular complexity index is 559. The van der Waals surface area contributed by atoms with Crippen LogP contribution in [0.2, 0.25) is 0 Å². The molecule has 2 rings (SSSR count). The van der Waals surface area contributed by atoms with Gasteiger partial charge in [0, 0.05) is 62.7 Å². The van der Waals surface area contributed by atoms with Gasteiger partial charge in [-0.1, -0.05) is 0 Å². The average Bonchev–Trinajstić information content (AvgIpc) is 2.39. The second-order valence-corrected chi connectivity index (χ2v) is 5.83. The second-order valence-electron chi connectivity index (χ2n) is 4.72. The van der Waals surface area contributed by atoms with Gasteiger partial charge in [-0.2, -0.15) is 6.92 Å². The number of rotatable bonds is 3. The van der Waals surface area contributed by atoms with Crippen molar-refractivity contribution in [2.45, 2.75) is 25.3 Å². The van der Waals surface area contributed by atoms with E-state index in [0.29, 0.717) is 0 Å². The molecule has 0 saturated carbocycles. The van der Waals surface area contributed by atoms with Crippen molar-refractivity contribution in [1.82, 2.24) is 10.2 Å². The van der Waals surface area contributed by atoms with Gasteiger partial charge in [0.05, 0.1) is 0 Å². The normalized spacial score (nSPS) is 24.8. The minimum Gasteiger partial charge on any atom is -0.373 e. The van der Waals surface area contributed by atoms with Crippen molar-refractivity contribution in [1.29, 1.82) is 0 Å². The van der Waals surface area contributed by atoms with Crippen LogP contribution in [0.1, 0.15) is 13.8 Å². The first-order valence-electron chi connectivity index (χ1n) is 6.13. The first kappa shape index (κ1) is 18.4. The van der Waals surface area contributed by atoms with Crippen molar-refractivity contribution in [3.8, 4) is 0 Å². The molecule has 6 nitrogen and oxygen atoms in total. The Hall–Kier alpha value is -0.656. The van der Waals surface area contributed by atoms with Crippen molar-refractivity contribution in [3.05, 3.63) is 18.2 Å². The number of hydrogen-bond acceptors (Lipinski definition) is 5. The first-order valence-corrected chi connectivity index (χ1v) is 7.18. The molecule has 2 aliphatic heterocycles. The number of amides is 2. The average molecular weight is 383 g/mol. The molecule has 111 valence electrons. The Morgan fingerprint density at radius 1 is 1.43 bits per heavy atom. The van der Waals surface area contributed by atoms with Gasteiger partial charge in [-0.25, -0.2) is 0 Å². The number of thioether (sulfide) groups is 1. The van der Waals surface area contributed by atoms with Crippen LogP contribution >= 0.6 is 11.8 Å². The predicted octanol–water partition coefficient (Wildman–Crippen LogP) is 0.152. The van der Waals surface area contributed by atoms with Gasteiger partial charge in [-0.3, -0.25) is 14.5 Å². The van der Waals surface area contributed by atoms with E-state index < -0.39 is 17.7 Å². The maximum Gasteiger partial charge on any atom is 0.253 e. The third kappa shape index (κ3) is 3.25. The van der Waals surface area contributed by atoms with E-state index in [2.05, 4.69) is 17.2 Å². The molecule has 21 heavy (non-hydrogen) atoms. The van der Waals surface area contributed by atoms with E-state index in [1.165, 1.54) is 7.05 Å². The number of fused-ring (bicyclic) bond motifs is 1. The summed E-state index contributed by atoms with van der Waals surface area (Å²) in [6.07, 6.45) is 0. The molecule has 2 heterocycles. The topological polar surface area (TPSA) is 78.8 Å². The van der Waals surface area contributed by atoms with Crippen molar-refractivity contribution >= 4 is 35.1 Å². The molecule has 0 aromatic heterocycles. The second kappa shape index (κ2) is 7.07. The zero-order valence-electron chi connectivity index (χ0n) is 12.2. The number of ketones is 1. The Labute approximate surface area is 153 Å². The molecule has 0 aromatic rings. The van der Waals surface area contributed by atoms with Crippen molar-refractivity contribution in [3.63, 3.8) is 0 Å². The van der Waals surface area contributed by atoms with Crippen molar-refractivity contribution in [2.75, 3.05) is 12.8 Å². The summed E-state index contributed by atoms with van der Waals surface area (Å²) in [6.45, 7) is 7.05. The van der Waals surface area contributed by atoms with Gasteiger partial charge in [0.2, 0.25) is 0 Å². The van der Waals surface area contributed by atoms with Crippen LogP contribution in [0, 0.1) is 6.92 Å². The maximum atomic E-state index is 12.1. The number of hydrogen-bond donors (Lipinski definition) is 1. The molecule has 0 spiro atoms. The summed E-state index contributed by atoms with van der Waals surface area (Å²) in [4.78, 5) is 40.4. The Morgan fingerprint density at radius 2 is 2.05 bits per heavy atom. The summed E-state index contributed by atoms with van der Waals surface area (Å²) < 4.78 is 0. The molecule has 1 radical (unpaired) electrons. The van der Waals surface area contributed by atoms with E-state index >= 15 is 0 Å². The summed E-state index contributed by atoms with van der Waals surface area (Å²) in [6, 6.07) is -0.605. The van der Waals surface area contributed by atoms with E-state index in [9.17, 15) is 14.4 Å². The number of nitrogens with one attached hydrogen (secondary N) is 1. The molecule has 2 unspecified atom stereocenters. The predicted molar refractivity (Wildman–Crippen MR) is 77.1 cm³/mol. The fourth-order valence-corrected chi connectivity index (χ4v) is 3.62. The molecule has 1 N–H and O–H groups in total. The van der Waals surface area contributed by atoms with Gasteiger partial charge in [0.25, 0.3) is 5.91 Å². The molecular weight excluding hydrogens is 367 g/mol. The van der Waals surface area contributed by atoms with E-state index in [1.54, 1.807) is 16.7 Å². The largest absolute Gasteiger partial charge is 0.373 e. The summed E-state index contributed by atoms with van der Waals surface area (Å²) in [5.41, 5.74) is 1.84. The number of aliphatic imine (C=N–C) groups is 1. The molecule has 2 amide bonds. The van der Waals surface area contributed by atoms with E-state index in [0.717, 1.165) is 17.0 Å². The summed E-state index contributed by atoms with van der Waals surface area (Å²) in [5.74, 6) is -0.624. The minimum absolute atomic E-state index is 0. The molecule has 0 bridgehead atoms. The van der Waals surface area contributed by atoms with Gasteiger partial charge < -0.3 is 15.1 Å². The van der Waals surface area contributed by atoms with Crippen molar-refractivity contribution < 1.29 is 47.1 Å². The zero-order chi connectivity index (χ0) is 15.0. The number of nitrogens with zero attached hydrogens (tertiary/aromatic N) is 2. The van der Waals surface area contributed by atoms with E-state index in [4.69, 9.17) is 0 Å². The molecule has 2 aliphatic rings. The number of allylic oxidation sites excluding steroid dienone is 1. The van der Waals surface area contributed by atoms with E-state index in [-0.39, 0.29) is 49.7 Å². The molecule has 0 aliphatic carbocycles. The number of β-lactam (4-membered cyclic amide) rings is 1. The zero-order valence-corrected chi connectivity index (χ0v) is 15.8. The maximum absolute atomic E-state index is 12.1. The standard InChI is InChI=1S/C13H16N3O3S.Y/c1-6-5-20-13-10(12(19)16(13)7(6)2)15-11(18)9(14-4)8(3)17;/h10,13H,3,5H2,1-2,4H3,(H,15,18);/q-1;. The van der Waals surface area contributed by atoms with E-state index in [1.807, 2.05) is 13.8 Å². The number of carbonyl (C=O) groups is 3. The van der Waals surface area contributed by atoms with Gasteiger partial charge in [-0.05, 0) is 19.4 Å². The van der Waals surface area contributed by atoms with Crippen LogP contribution in [-0.2, 0) is 47.1 Å². The van der Waals surface area contributed by atoms with Gasteiger partial charge in [0.1, 0.15) is 11.4 Å². The first-order chi connectivity index (χ1) is 9.38. The SMILES string of the molecule is [CH2-]C(=O)C(=NC)C(=O)NC1C(=O)N2C(C)=C(C)CSC12.[Y]. The Balaban J connectivity index is 0.00000220. The molecule has 1 fully saturated rings. The molecule has 2 atom stereocenters. The van der Waals surface area contributed by atoms with Crippen LogP contribution < -0.4 is 5.32 Å². The van der Waals surface area contributed by atoms with Crippen LogP contribution in [0.3, 0.4) is 0 Å². The monoisotopic (exact) mass is 383 g/mol. The van der Waals surface area contributed by atoms with Crippen LogP contribution in [0.15, 0.2) is 16.3 Å². The third-order valence-electron chi connectivity index (χ3n) is 3.48. The minimum atomic E-state index is -0.656. The Kier molecular flexibility index (Phi) is 6.19. The molecule has 0 aromatic carbocycles. The van der Waals surface area contributed by atoms with Crippen LogP contribution in [0.4, 0.5) is 0 Å². The van der Waals surface area contributed by atoms with Gasteiger partial charge >= 0.3 is 0 Å². The number of carbonyl (C=O) groups excluding carboxylic acids is 3. The molecule has 1 saturated heterocycles. The molecular formula is C13H16N3O3SY-. The quantitative estimate of drug-likeness (QED) is 0.326. The Morgan fingerprint density at radius 3 is 2.57 bits per heavy atom. The van der Waals surface area contributed by atoms with Gasteiger partial charge in [0.15, 0.2) is 5.91 Å². The summed E-state index contributed by atoms with van der Waals surface area (Å²) in [5, 5.41) is 2.46. The van der Waals surface area contributed by atoms with Crippen LogP contribution in [0.25, 0.3) is 0 Å². The fourth-order valence-electron chi connectivity index (χ4n) is 2.21. The fraction of sp³-hybridized carbons (Fsp3) is 0.462. The molecule has 8 heteroatoms. The smallest absolute Gasteiger partial charge is 0.253 e.